The molecule has 0 aliphatic carbocycles. The van der Waals surface area contributed by atoms with Crippen LogP contribution < -0.4 is 10.6 Å². The number of nitrogens with one attached hydrogen (secondary N) is 2. The summed E-state index contributed by atoms with van der Waals surface area (Å²) in [7, 11) is 1.79. The number of amides is 2. The molecule has 2 N–H and O–H groups in total. The lowest BCUT2D eigenvalue weighted by Crippen LogP contribution is -2.49. The Hall–Kier alpha value is -2.90. The number of nitrogens with zero attached hydrogens (tertiary/aromatic N) is 3. The predicted molar refractivity (Wildman–Crippen MR) is 133 cm³/mol. The predicted octanol–water partition coefficient (Wildman–Crippen LogP) is 2.93. The number of benzene rings is 2. The molecular formula is C26H37N5O2. The molecule has 0 atom stereocenters. The second-order valence-electron chi connectivity index (χ2n) is 9.05. The zero-order chi connectivity index (χ0) is 24.0. The number of hydrazine groups is 1. The second kappa shape index (κ2) is 11.3. The summed E-state index contributed by atoms with van der Waals surface area (Å²) < 4.78 is 0. The lowest BCUT2D eigenvalue weighted by Gasteiger charge is -2.31. The first-order valence-electron chi connectivity index (χ1n) is 11.7. The van der Waals surface area contributed by atoms with Crippen LogP contribution in [0.15, 0.2) is 42.5 Å². The van der Waals surface area contributed by atoms with E-state index in [1.165, 1.54) is 11.1 Å². The quantitative estimate of drug-likeness (QED) is 0.581. The van der Waals surface area contributed by atoms with Crippen molar-refractivity contribution >= 4 is 17.5 Å². The minimum absolute atomic E-state index is 0.0520. The van der Waals surface area contributed by atoms with Gasteiger partial charge in [-0.15, -0.1) is 0 Å². The fourth-order valence-corrected chi connectivity index (χ4v) is 4.10. The molecule has 2 aromatic rings. The molecule has 0 spiro atoms. The molecule has 33 heavy (non-hydrogen) atoms. The van der Waals surface area contributed by atoms with Crippen molar-refractivity contribution in [1.82, 2.24) is 20.2 Å². The zero-order valence-electron chi connectivity index (χ0n) is 20.5. The zero-order valence-corrected chi connectivity index (χ0v) is 20.5. The molecule has 0 bridgehead atoms. The summed E-state index contributed by atoms with van der Waals surface area (Å²) in [5.41, 5.74) is 5.65. The Morgan fingerprint density at radius 1 is 0.970 bits per heavy atom. The maximum atomic E-state index is 13.1. The Kier molecular flexibility index (Phi) is 8.47. The van der Waals surface area contributed by atoms with E-state index in [0.717, 1.165) is 16.8 Å². The van der Waals surface area contributed by atoms with E-state index < -0.39 is 0 Å². The summed E-state index contributed by atoms with van der Waals surface area (Å²) in [5.74, 6) is -0.178. The van der Waals surface area contributed by atoms with Crippen molar-refractivity contribution in [2.24, 2.45) is 0 Å². The van der Waals surface area contributed by atoms with Gasteiger partial charge < -0.3 is 15.5 Å². The summed E-state index contributed by atoms with van der Waals surface area (Å²) in [5, 5.41) is 10.3. The number of hydrogen-bond donors (Lipinski definition) is 2. The first-order valence-corrected chi connectivity index (χ1v) is 11.7. The summed E-state index contributed by atoms with van der Waals surface area (Å²) in [6, 6.07) is 14.6. The molecular weight excluding hydrogens is 414 g/mol. The van der Waals surface area contributed by atoms with Gasteiger partial charge in [-0.1, -0.05) is 56.3 Å². The monoisotopic (exact) mass is 451 g/mol. The van der Waals surface area contributed by atoms with Gasteiger partial charge in [0.25, 0.3) is 5.91 Å². The van der Waals surface area contributed by atoms with E-state index in [9.17, 15) is 9.59 Å². The van der Waals surface area contributed by atoms with Gasteiger partial charge in [0.05, 0.1) is 6.54 Å². The Bertz CT molecular complexity index is 930. The van der Waals surface area contributed by atoms with Crippen LogP contribution in [0.4, 0.5) is 5.69 Å². The van der Waals surface area contributed by atoms with Crippen molar-refractivity contribution < 1.29 is 9.59 Å². The second-order valence-corrected chi connectivity index (χ2v) is 9.05. The third-order valence-corrected chi connectivity index (χ3v) is 6.12. The number of carbonyl (C=O) groups is 2. The number of likely N-dealkylation sites (N-methyl/N-ethyl adjacent to an activating group) is 1. The number of anilines is 1. The molecule has 7 nitrogen and oxygen atoms in total. The normalized spacial score (nSPS) is 13.2. The molecule has 0 fully saturated rings. The Morgan fingerprint density at radius 3 is 2.15 bits per heavy atom. The average Bonchev–Trinajstić information content (AvgIpc) is 3.21. The lowest BCUT2D eigenvalue weighted by atomic mass is 10.1. The largest absolute Gasteiger partial charge is 0.376 e. The van der Waals surface area contributed by atoms with E-state index in [0.29, 0.717) is 32.2 Å². The number of carbonyl (C=O) groups excluding carboxylic acids is 2. The van der Waals surface area contributed by atoms with E-state index in [-0.39, 0.29) is 24.9 Å². The summed E-state index contributed by atoms with van der Waals surface area (Å²) in [6.45, 7) is 10.9. The van der Waals surface area contributed by atoms with Crippen LogP contribution in [0.3, 0.4) is 0 Å². The van der Waals surface area contributed by atoms with Gasteiger partial charge in [0.15, 0.2) is 0 Å². The van der Waals surface area contributed by atoms with E-state index in [1.807, 2.05) is 49.2 Å². The maximum absolute atomic E-state index is 13.1. The summed E-state index contributed by atoms with van der Waals surface area (Å²) >= 11 is 0. The van der Waals surface area contributed by atoms with Crippen LogP contribution in [-0.4, -0.2) is 66.0 Å². The van der Waals surface area contributed by atoms with Gasteiger partial charge in [-0.25, -0.2) is 5.01 Å². The molecule has 1 aliphatic heterocycles. The smallest absolute Gasteiger partial charge is 0.256 e. The molecule has 0 radical (unpaired) electrons. The Morgan fingerprint density at radius 2 is 1.58 bits per heavy atom. The third-order valence-electron chi connectivity index (χ3n) is 6.12. The van der Waals surface area contributed by atoms with Crippen LogP contribution in [0, 0.1) is 13.8 Å². The van der Waals surface area contributed by atoms with Gasteiger partial charge in [-0.3, -0.25) is 14.6 Å². The number of hydrogen-bond acceptors (Lipinski definition) is 5. The summed E-state index contributed by atoms with van der Waals surface area (Å²) in [6.07, 6.45) is 0. The van der Waals surface area contributed by atoms with Gasteiger partial charge in [0.1, 0.15) is 6.54 Å². The Labute approximate surface area is 197 Å². The van der Waals surface area contributed by atoms with Crippen LogP contribution in [-0.2, 0) is 22.7 Å². The maximum Gasteiger partial charge on any atom is 0.256 e. The molecule has 2 amide bonds. The molecule has 1 aliphatic rings. The van der Waals surface area contributed by atoms with Crippen molar-refractivity contribution in [3.63, 3.8) is 0 Å². The highest BCUT2D eigenvalue weighted by atomic mass is 16.2. The van der Waals surface area contributed by atoms with Crippen molar-refractivity contribution in [2.45, 2.75) is 46.8 Å². The molecule has 1 heterocycles. The highest BCUT2D eigenvalue weighted by molar-refractivity contribution is 5.87. The SMILES string of the molecule is Cc1cccc(C)c1NCC(=O)N(CCNC(C)C)CC(=O)N(C)N1Cc2ccccc2C1. The van der Waals surface area contributed by atoms with Crippen molar-refractivity contribution in [3.05, 3.63) is 64.7 Å². The fraction of sp³-hybridized carbons (Fsp3) is 0.462. The molecule has 0 aromatic heterocycles. The average molecular weight is 452 g/mol. The van der Waals surface area contributed by atoms with Crippen LogP contribution in [0.5, 0.6) is 0 Å². The van der Waals surface area contributed by atoms with Crippen LogP contribution in [0.2, 0.25) is 0 Å². The number of para-hydroxylation sites is 1. The molecule has 3 rings (SSSR count). The Balaban J connectivity index is 1.62. The van der Waals surface area contributed by atoms with Crippen molar-refractivity contribution in [1.29, 1.82) is 0 Å². The number of rotatable bonds is 10. The number of fused-ring (bicyclic) bond motifs is 1. The van der Waals surface area contributed by atoms with E-state index in [2.05, 4.69) is 36.6 Å². The van der Waals surface area contributed by atoms with Gasteiger partial charge in [-0.05, 0) is 36.1 Å². The minimum Gasteiger partial charge on any atom is -0.376 e. The van der Waals surface area contributed by atoms with Gasteiger partial charge in [0.2, 0.25) is 5.91 Å². The van der Waals surface area contributed by atoms with Crippen LogP contribution in [0.1, 0.15) is 36.1 Å². The van der Waals surface area contributed by atoms with Crippen LogP contribution in [0.25, 0.3) is 0 Å². The highest BCUT2D eigenvalue weighted by Crippen LogP contribution is 2.23. The van der Waals surface area contributed by atoms with Crippen LogP contribution >= 0.6 is 0 Å². The molecule has 2 aromatic carbocycles. The third kappa shape index (κ3) is 6.55. The molecule has 178 valence electrons. The first kappa shape index (κ1) is 24.7. The van der Waals surface area contributed by atoms with E-state index in [4.69, 9.17) is 0 Å². The minimum atomic E-state index is -0.0900. The van der Waals surface area contributed by atoms with E-state index >= 15 is 0 Å². The molecule has 0 saturated carbocycles. The summed E-state index contributed by atoms with van der Waals surface area (Å²) in [4.78, 5) is 27.9. The van der Waals surface area contributed by atoms with E-state index in [1.54, 1.807) is 17.0 Å². The first-order chi connectivity index (χ1) is 15.8. The molecule has 0 saturated heterocycles. The fourth-order valence-electron chi connectivity index (χ4n) is 4.10. The lowest BCUT2D eigenvalue weighted by molar-refractivity contribution is -0.151. The van der Waals surface area contributed by atoms with Crippen molar-refractivity contribution in [2.75, 3.05) is 38.5 Å². The van der Waals surface area contributed by atoms with Gasteiger partial charge in [0, 0.05) is 45.0 Å². The van der Waals surface area contributed by atoms with Gasteiger partial charge in [-0.2, -0.15) is 0 Å². The topological polar surface area (TPSA) is 67.9 Å². The molecule has 7 heteroatoms. The highest BCUT2D eigenvalue weighted by Gasteiger charge is 2.27. The van der Waals surface area contributed by atoms with Crippen molar-refractivity contribution in [3.8, 4) is 0 Å². The molecule has 0 unspecified atom stereocenters. The number of aryl methyl sites for hydroxylation is 2. The standard InChI is InChI=1S/C26H37N5O2/c1-19(2)27-13-14-30(24(32)15-28-26-20(3)9-8-10-21(26)4)18-25(33)29(5)31-16-22-11-6-7-12-23(22)17-31/h6-12,19,27-28H,13-18H2,1-5H3. The van der Waals surface area contributed by atoms with Gasteiger partial charge >= 0.3 is 0 Å².